The van der Waals surface area contributed by atoms with Crippen LogP contribution in [-0.2, 0) is 4.79 Å². The minimum Gasteiger partial charge on any atom is -0.454 e. The fourth-order valence-corrected chi connectivity index (χ4v) is 3.49. The summed E-state index contributed by atoms with van der Waals surface area (Å²) in [5, 5.41) is 2.89. The number of nitrogen functional groups attached to an aromatic ring is 1. The van der Waals surface area contributed by atoms with Crippen molar-refractivity contribution in [3.05, 3.63) is 42.2 Å². The van der Waals surface area contributed by atoms with Crippen molar-refractivity contribution in [3.63, 3.8) is 0 Å². The number of nitrogens with one attached hydrogen (secondary N) is 1. The quantitative estimate of drug-likeness (QED) is 0.685. The van der Waals surface area contributed by atoms with Gasteiger partial charge in [0.15, 0.2) is 11.5 Å². The lowest BCUT2D eigenvalue weighted by Gasteiger charge is -2.38. The Morgan fingerprint density at radius 1 is 1.07 bits per heavy atom. The van der Waals surface area contributed by atoms with Gasteiger partial charge in [-0.05, 0) is 31.2 Å². The van der Waals surface area contributed by atoms with E-state index in [2.05, 4.69) is 15.1 Å². The van der Waals surface area contributed by atoms with Gasteiger partial charge in [0.1, 0.15) is 5.82 Å². The summed E-state index contributed by atoms with van der Waals surface area (Å²) in [5.41, 5.74) is 7.96. The molecule has 4 rings (SSSR count). The third-order valence-corrected chi connectivity index (χ3v) is 5.24. The zero-order valence-electron chi connectivity index (χ0n) is 16.5. The molecule has 2 aromatic carbocycles. The van der Waals surface area contributed by atoms with Crippen LogP contribution in [0.2, 0.25) is 0 Å². The van der Waals surface area contributed by atoms with Gasteiger partial charge in [-0.3, -0.25) is 9.69 Å². The van der Waals surface area contributed by atoms with Crippen LogP contribution < -0.4 is 25.4 Å². The predicted octanol–water partition coefficient (Wildman–Crippen LogP) is 3.13. The van der Waals surface area contributed by atoms with Crippen LogP contribution in [0.1, 0.15) is 6.92 Å². The van der Waals surface area contributed by atoms with Gasteiger partial charge >= 0.3 is 0 Å². The van der Waals surface area contributed by atoms with Gasteiger partial charge in [0.05, 0.1) is 17.4 Å². The number of fused-ring (bicyclic) bond motifs is 1. The Bertz CT molecular complexity index is 877. The Hall–Kier alpha value is -2.42. The van der Waals surface area contributed by atoms with Crippen molar-refractivity contribution in [2.24, 2.45) is 0 Å². The van der Waals surface area contributed by atoms with Crippen molar-refractivity contribution in [3.8, 4) is 11.5 Å². The first kappa shape index (κ1) is 23.9. The molecule has 3 N–H and O–H groups in total. The van der Waals surface area contributed by atoms with Crippen LogP contribution in [0.15, 0.2) is 36.4 Å². The number of hydrogen-bond acceptors (Lipinski definition) is 6. The highest BCUT2D eigenvalue weighted by atomic mass is 35.5. The molecule has 2 heterocycles. The number of anilines is 3. The molecule has 10 heteroatoms. The summed E-state index contributed by atoms with van der Waals surface area (Å²) in [6.07, 6.45) is 0. The largest absolute Gasteiger partial charge is 0.454 e. The number of halogens is 3. The van der Waals surface area contributed by atoms with Crippen molar-refractivity contribution >= 4 is 47.8 Å². The zero-order valence-corrected chi connectivity index (χ0v) is 18.1. The van der Waals surface area contributed by atoms with Crippen molar-refractivity contribution in [2.45, 2.75) is 13.0 Å². The molecule has 2 aromatic rings. The Morgan fingerprint density at radius 3 is 2.30 bits per heavy atom. The lowest BCUT2D eigenvalue weighted by molar-refractivity contribution is -0.120. The van der Waals surface area contributed by atoms with Crippen molar-refractivity contribution < 1.29 is 18.7 Å². The lowest BCUT2D eigenvalue weighted by atomic mass is 10.1. The number of nitrogens with zero attached hydrogens (tertiary/aromatic N) is 2. The molecule has 0 saturated carbocycles. The second-order valence-electron chi connectivity index (χ2n) is 6.96. The maximum Gasteiger partial charge on any atom is 0.241 e. The van der Waals surface area contributed by atoms with Crippen LogP contribution in [0.3, 0.4) is 0 Å². The normalized spacial score (nSPS) is 16.3. The van der Waals surface area contributed by atoms with E-state index >= 15 is 0 Å². The van der Waals surface area contributed by atoms with E-state index in [1.54, 1.807) is 24.3 Å². The summed E-state index contributed by atoms with van der Waals surface area (Å²) >= 11 is 0. The summed E-state index contributed by atoms with van der Waals surface area (Å²) in [5.74, 6) is 0.793. The maximum atomic E-state index is 13.1. The van der Waals surface area contributed by atoms with Crippen LogP contribution >= 0.6 is 24.8 Å². The Morgan fingerprint density at radius 2 is 1.67 bits per heavy atom. The molecule has 2 aliphatic heterocycles. The second-order valence-corrected chi connectivity index (χ2v) is 6.96. The van der Waals surface area contributed by atoms with Gasteiger partial charge in [0, 0.05) is 44.0 Å². The smallest absolute Gasteiger partial charge is 0.241 e. The maximum absolute atomic E-state index is 13.1. The first-order valence-corrected chi connectivity index (χ1v) is 9.26. The third kappa shape index (κ3) is 5.00. The minimum absolute atomic E-state index is 0. The SMILES string of the molecule is CC(C(=O)Nc1cc2c(cc1N)OCO2)N1CCN(c2ccc(F)cc2)CC1.Cl.Cl. The monoisotopic (exact) mass is 458 g/mol. The van der Waals surface area contributed by atoms with Gasteiger partial charge in [0.2, 0.25) is 12.7 Å². The molecule has 0 aliphatic carbocycles. The highest BCUT2D eigenvalue weighted by Gasteiger charge is 2.27. The van der Waals surface area contributed by atoms with Crippen LogP contribution in [-0.4, -0.2) is 49.8 Å². The molecule has 2 aliphatic rings. The molecule has 1 atom stereocenters. The highest BCUT2D eigenvalue weighted by molar-refractivity contribution is 5.97. The summed E-state index contributed by atoms with van der Waals surface area (Å²) in [7, 11) is 0. The number of nitrogens with two attached hydrogens (primary N) is 1. The van der Waals surface area contributed by atoms with E-state index in [1.807, 2.05) is 6.92 Å². The van der Waals surface area contributed by atoms with Gasteiger partial charge in [-0.1, -0.05) is 0 Å². The first-order valence-electron chi connectivity index (χ1n) is 9.26. The van der Waals surface area contributed by atoms with Gasteiger partial charge in [-0.2, -0.15) is 0 Å². The number of benzene rings is 2. The van der Waals surface area contributed by atoms with Gasteiger partial charge in [-0.25, -0.2) is 4.39 Å². The second kappa shape index (κ2) is 10.1. The highest BCUT2D eigenvalue weighted by Crippen LogP contribution is 2.38. The molecule has 7 nitrogen and oxygen atoms in total. The molecule has 164 valence electrons. The average Bonchev–Trinajstić information content (AvgIpc) is 3.15. The van der Waals surface area contributed by atoms with Crippen molar-refractivity contribution in [1.29, 1.82) is 0 Å². The van der Waals surface area contributed by atoms with Gasteiger partial charge in [0.25, 0.3) is 0 Å². The van der Waals surface area contributed by atoms with E-state index in [0.29, 0.717) is 22.9 Å². The zero-order chi connectivity index (χ0) is 19.7. The molecule has 1 unspecified atom stereocenters. The number of rotatable bonds is 4. The van der Waals surface area contributed by atoms with Crippen LogP contribution in [0.25, 0.3) is 0 Å². The van der Waals surface area contributed by atoms with Crippen molar-refractivity contribution in [1.82, 2.24) is 4.90 Å². The van der Waals surface area contributed by atoms with Crippen LogP contribution in [0, 0.1) is 5.82 Å². The summed E-state index contributed by atoms with van der Waals surface area (Å²) in [6, 6.07) is 9.53. The standard InChI is InChI=1S/C20H23FN4O3.2ClH/c1-13(20(26)23-17-11-19-18(10-16(17)22)27-12-28-19)24-6-8-25(9-7-24)15-4-2-14(21)3-5-15;;/h2-5,10-11,13H,6-9,12,22H2,1H3,(H,23,26);2*1H. The molecule has 0 aromatic heterocycles. The van der Waals surface area contributed by atoms with Crippen molar-refractivity contribution in [2.75, 3.05) is 48.9 Å². The number of carbonyl (C=O) groups is 1. The van der Waals surface area contributed by atoms with E-state index in [0.717, 1.165) is 31.9 Å². The van der Waals surface area contributed by atoms with E-state index in [1.165, 1.54) is 12.1 Å². The number of carbonyl (C=O) groups excluding carboxylic acids is 1. The molecular weight excluding hydrogens is 434 g/mol. The number of piperazine rings is 1. The Balaban J connectivity index is 0.00000160. The summed E-state index contributed by atoms with van der Waals surface area (Å²) in [4.78, 5) is 17.0. The summed E-state index contributed by atoms with van der Waals surface area (Å²) < 4.78 is 23.7. The number of amides is 1. The van der Waals surface area contributed by atoms with E-state index in [9.17, 15) is 9.18 Å². The molecule has 0 radical (unpaired) electrons. The molecular formula is C20H25Cl2FN4O3. The van der Waals surface area contributed by atoms with Gasteiger partial charge in [-0.15, -0.1) is 24.8 Å². The predicted molar refractivity (Wildman–Crippen MR) is 120 cm³/mol. The topological polar surface area (TPSA) is 80.1 Å². The fourth-order valence-electron chi connectivity index (χ4n) is 3.49. The number of hydrogen-bond donors (Lipinski definition) is 2. The molecule has 1 amide bonds. The minimum atomic E-state index is -0.305. The number of ether oxygens (including phenoxy) is 2. The molecule has 0 spiro atoms. The molecule has 1 saturated heterocycles. The Labute approximate surface area is 187 Å². The van der Waals surface area contributed by atoms with Gasteiger partial charge < -0.3 is 25.4 Å². The average molecular weight is 459 g/mol. The fraction of sp³-hybridized carbons (Fsp3) is 0.350. The van der Waals surface area contributed by atoms with Crippen LogP contribution in [0.4, 0.5) is 21.5 Å². The molecule has 0 bridgehead atoms. The first-order chi connectivity index (χ1) is 13.5. The van der Waals surface area contributed by atoms with E-state index in [-0.39, 0.29) is 49.4 Å². The van der Waals surface area contributed by atoms with Crippen LogP contribution in [0.5, 0.6) is 11.5 Å². The summed E-state index contributed by atoms with van der Waals surface area (Å²) in [6.45, 7) is 5.06. The molecule has 1 fully saturated rings. The molecule has 30 heavy (non-hydrogen) atoms. The Kier molecular flexibility index (Phi) is 8.00. The third-order valence-electron chi connectivity index (χ3n) is 5.24. The lowest BCUT2D eigenvalue weighted by Crippen LogP contribution is -2.52. The van der Waals surface area contributed by atoms with E-state index < -0.39 is 0 Å². The van der Waals surface area contributed by atoms with E-state index in [4.69, 9.17) is 15.2 Å².